The highest BCUT2D eigenvalue weighted by molar-refractivity contribution is 5.81. The number of morpholine rings is 1. The third-order valence-corrected chi connectivity index (χ3v) is 3.74. The van der Waals surface area contributed by atoms with Crippen LogP contribution in [0, 0.1) is 5.82 Å². The van der Waals surface area contributed by atoms with Gasteiger partial charge < -0.3 is 25.4 Å². The summed E-state index contributed by atoms with van der Waals surface area (Å²) in [4.78, 5) is 24.8. The number of nitrogens with zero attached hydrogens (tertiary/aromatic N) is 1. The van der Waals surface area contributed by atoms with Crippen LogP contribution in [-0.4, -0.2) is 55.3 Å². The number of carbonyl (C=O) groups excluding carboxylic acids is 2. The number of benzene rings is 1. The molecule has 2 rings (SSSR count). The van der Waals surface area contributed by atoms with E-state index in [0.29, 0.717) is 13.0 Å². The number of rotatable bonds is 6. The molecule has 3 amide bonds. The smallest absolute Gasteiger partial charge is 0.317 e. The molecule has 0 spiro atoms. The summed E-state index contributed by atoms with van der Waals surface area (Å²) < 4.78 is 24.4. The first-order valence-electron chi connectivity index (χ1n) is 7.86. The Balaban J connectivity index is 1.85. The molecule has 24 heavy (non-hydrogen) atoms. The molecule has 0 bridgehead atoms. The van der Waals surface area contributed by atoms with E-state index in [1.54, 1.807) is 18.2 Å². The quantitative estimate of drug-likeness (QED) is 0.804. The van der Waals surface area contributed by atoms with E-state index < -0.39 is 17.8 Å². The van der Waals surface area contributed by atoms with Crippen molar-refractivity contribution in [2.24, 2.45) is 5.73 Å². The fourth-order valence-electron chi connectivity index (χ4n) is 2.31. The van der Waals surface area contributed by atoms with Crippen molar-refractivity contribution in [3.05, 3.63) is 30.1 Å². The summed E-state index contributed by atoms with van der Waals surface area (Å²) in [5.74, 6) is -0.889. The monoisotopic (exact) mass is 339 g/mol. The normalized spacial score (nSPS) is 18.8. The van der Waals surface area contributed by atoms with Crippen molar-refractivity contribution in [2.45, 2.75) is 25.6 Å². The Morgan fingerprint density at radius 1 is 1.50 bits per heavy atom. The Kier molecular flexibility index (Phi) is 6.36. The first-order chi connectivity index (χ1) is 11.5. The Hall–Kier alpha value is -2.35. The number of carbonyl (C=O) groups is 2. The van der Waals surface area contributed by atoms with Crippen molar-refractivity contribution < 1.29 is 23.5 Å². The van der Waals surface area contributed by atoms with Crippen LogP contribution in [-0.2, 0) is 9.53 Å². The van der Waals surface area contributed by atoms with Crippen molar-refractivity contribution in [3.63, 3.8) is 0 Å². The van der Waals surface area contributed by atoms with Crippen LogP contribution in [0.4, 0.5) is 9.18 Å². The van der Waals surface area contributed by atoms with E-state index in [4.69, 9.17) is 15.2 Å². The van der Waals surface area contributed by atoms with E-state index in [1.807, 2.05) is 6.92 Å². The lowest BCUT2D eigenvalue weighted by Crippen LogP contribution is -2.54. The van der Waals surface area contributed by atoms with E-state index in [-0.39, 0.29) is 37.6 Å². The number of primary amides is 1. The van der Waals surface area contributed by atoms with Crippen molar-refractivity contribution >= 4 is 11.9 Å². The number of halogens is 1. The molecule has 0 aliphatic carbocycles. The maximum Gasteiger partial charge on any atom is 0.317 e. The number of ether oxygens (including phenoxy) is 2. The van der Waals surface area contributed by atoms with E-state index >= 15 is 0 Å². The topological polar surface area (TPSA) is 93.9 Å². The molecule has 0 radical (unpaired) electrons. The van der Waals surface area contributed by atoms with Crippen molar-refractivity contribution in [2.75, 3.05) is 26.2 Å². The molecule has 0 aromatic heterocycles. The summed E-state index contributed by atoms with van der Waals surface area (Å²) in [7, 11) is 0. The second kappa shape index (κ2) is 8.49. The lowest BCUT2D eigenvalue weighted by atomic mass is 10.2. The van der Waals surface area contributed by atoms with Gasteiger partial charge in [-0.3, -0.25) is 4.79 Å². The molecule has 3 N–H and O–H groups in total. The van der Waals surface area contributed by atoms with Crippen LogP contribution in [0.5, 0.6) is 5.75 Å². The van der Waals surface area contributed by atoms with Crippen LogP contribution >= 0.6 is 0 Å². The molecule has 2 atom stereocenters. The molecule has 1 heterocycles. The molecule has 132 valence electrons. The minimum absolute atomic E-state index is 0.117. The van der Waals surface area contributed by atoms with Crippen LogP contribution < -0.4 is 15.8 Å². The van der Waals surface area contributed by atoms with Gasteiger partial charge >= 0.3 is 6.03 Å². The minimum atomic E-state index is -0.791. The summed E-state index contributed by atoms with van der Waals surface area (Å²) in [6.07, 6.45) is -0.554. The molecule has 8 heteroatoms. The van der Waals surface area contributed by atoms with Gasteiger partial charge in [0.1, 0.15) is 6.10 Å². The summed E-state index contributed by atoms with van der Waals surface area (Å²) in [5, 5.41) is 2.73. The van der Waals surface area contributed by atoms with Crippen LogP contribution in [0.3, 0.4) is 0 Å². The number of hydrogen-bond acceptors (Lipinski definition) is 4. The largest absolute Gasteiger partial charge is 0.486 e. The van der Waals surface area contributed by atoms with Crippen LogP contribution in [0.25, 0.3) is 0 Å². The number of nitrogens with one attached hydrogen (secondary N) is 1. The number of urea groups is 1. The number of amides is 3. The highest BCUT2D eigenvalue weighted by Gasteiger charge is 2.28. The fourth-order valence-corrected chi connectivity index (χ4v) is 2.31. The third-order valence-electron chi connectivity index (χ3n) is 3.74. The third kappa shape index (κ3) is 4.82. The van der Waals surface area contributed by atoms with Gasteiger partial charge in [-0.15, -0.1) is 0 Å². The van der Waals surface area contributed by atoms with E-state index in [2.05, 4.69) is 5.32 Å². The van der Waals surface area contributed by atoms with Crippen molar-refractivity contribution in [1.82, 2.24) is 10.2 Å². The Morgan fingerprint density at radius 2 is 2.25 bits per heavy atom. The number of hydrogen-bond donors (Lipinski definition) is 2. The van der Waals surface area contributed by atoms with Gasteiger partial charge in [-0.2, -0.15) is 0 Å². The predicted octanol–water partition coefficient (Wildman–Crippen LogP) is 0.879. The first-order valence-corrected chi connectivity index (χ1v) is 7.86. The number of para-hydroxylation sites is 1. The lowest BCUT2D eigenvalue weighted by molar-refractivity contribution is -0.133. The summed E-state index contributed by atoms with van der Waals surface area (Å²) in [6, 6.07) is 5.79. The van der Waals surface area contributed by atoms with Gasteiger partial charge in [-0.25, -0.2) is 9.18 Å². The standard InChI is InChI=1S/C16H22FN3O4/c1-2-11(24-13-6-4-3-5-12(13)17)9-19-16(22)20-7-8-23-14(10-20)15(18)21/h3-6,11,14H,2,7-10H2,1H3,(H2,18,21)(H,19,22)/t11-,14+/m1/s1. The lowest BCUT2D eigenvalue weighted by Gasteiger charge is -2.31. The molecule has 0 saturated carbocycles. The second-order valence-corrected chi connectivity index (χ2v) is 5.47. The Labute approximate surface area is 139 Å². The van der Waals surface area contributed by atoms with Crippen LogP contribution in [0.1, 0.15) is 13.3 Å². The second-order valence-electron chi connectivity index (χ2n) is 5.47. The molecule has 7 nitrogen and oxygen atoms in total. The molecule has 1 fully saturated rings. The van der Waals surface area contributed by atoms with Gasteiger partial charge in [0.05, 0.1) is 19.7 Å². The average molecular weight is 339 g/mol. The highest BCUT2D eigenvalue weighted by atomic mass is 19.1. The zero-order chi connectivity index (χ0) is 17.5. The molecule has 0 unspecified atom stereocenters. The van der Waals surface area contributed by atoms with Gasteiger partial charge in [0.2, 0.25) is 5.91 Å². The van der Waals surface area contributed by atoms with E-state index in [1.165, 1.54) is 11.0 Å². The van der Waals surface area contributed by atoms with Crippen molar-refractivity contribution in [1.29, 1.82) is 0 Å². The highest BCUT2D eigenvalue weighted by Crippen LogP contribution is 2.17. The summed E-state index contributed by atoms with van der Waals surface area (Å²) >= 11 is 0. The van der Waals surface area contributed by atoms with Gasteiger partial charge in [-0.1, -0.05) is 19.1 Å². The molecule has 1 saturated heterocycles. The first kappa shape index (κ1) is 18.0. The number of nitrogens with two attached hydrogens (primary N) is 1. The van der Waals surface area contributed by atoms with Gasteiger partial charge in [-0.05, 0) is 18.6 Å². The molecule has 1 aromatic rings. The molecule has 1 aliphatic heterocycles. The zero-order valence-electron chi connectivity index (χ0n) is 13.5. The minimum Gasteiger partial charge on any atom is -0.486 e. The zero-order valence-corrected chi connectivity index (χ0v) is 13.5. The van der Waals surface area contributed by atoms with Crippen molar-refractivity contribution in [3.8, 4) is 5.75 Å². The molecular weight excluding hydrogens is 317 g/mol. The SMILES string of the molecule is CC[C@H](CNC(=O)N1CCO[C@H](C(N)=O)C1)Oc1ccccc1F. The average Bonchev–Trinajstić information content (AvgIpc) is 2.60. The molecule has 1 aromatic carbocycles. The van der Waals surface area contributed by atoms with E-state index in [0.717, 1.165) is 0 Å². The van der Waals surface area contributed by atoms with Gasteiger partial charge in [0, 0.05) is 6.54 Å². The van der Waals surface area contributed by atoms with Gasteiger partial charge in [0.25, 0.3) is 0 Å². The van der Waals surface area contributed by atoms with Crippen LogP contribution in [0.2, 0.25) is 0 Å². The fraction of sp³-hybridized carbons (Fsp3) is 0.500. The Morgan fingerprint density at radius 3 is 2.92 bits per heavy atom. The maximum atomic E-state index is 13.6. The summed E-state index contributed by atoms with van der Waals surface area (Å²) in [5.41, 5.74) is 5.20. The Bertz CT molecular complexity index is 584. The molecular formula is C16H22FN3O4. The summed E-state index contributed by atoms with van der Waals surface area (Å²) in [6.45, 7) is 2.86. The predicted molar refractivity (Wildman–Crippen MR) is 85.0 cm³/mol. The van der Waals surface area contributed by atoms with E-state index in [9.17, 15) is 14.0 Å². The van der Waals surface area contributed by atoms with Crippen LogP contribution in [0.15, 0.2) is 24.3 Å². The van der Waals surface area contributed by atoms with Gasteiger partial charge in [0.15, 0.2) is 17.7 Å². The maximum absolute atomic E-state index is 13.6. The molecule has 1 aliphatic rings.